The van der Waals surface area contributed by atoms with E-state index in [0.29, 0.717) is 44.1 Å². The van der Waals surface area contributed by atoms with E-state index in [1.165, 1.54) is 25.3 Å². The Morgan fingerprint density at radius 1 is 0.754 bits per heavy atom. The second-order valence-corrected chi connectivity index (χ2v) is 22.7. The Labute approximate surface area is 402 Å². The summed E-state index contributed by atoms with van der Waals surface area (Å²) in [5, 5.41) is 47.4. The molecule has 6 saturated carbocycles. The lowest BCUT2D eigenvalue weighted by molar-refractivity contribution is -0.220. The van der Waals surface area contributed by atoms with Crippen LogP contribution in [0.1, 0.15) is 118 Å². The van der Waals surface area contributed by atoms with Crippen molar-refractivity contribution in [2.45, 2.75) is 147 Å². The number of alkyl halides is 1. The maximum atomic E-state index is 17.5. The van der Waals surface area contributed by atoms with Crippen molar-refractivity contribution in [2.24, 2.45) is 57.2 Å². The van der Waals surface area contributed by atoms with Gasteiger partial charge in [0.1, 0.15) is 23.5 Å². The van der Waals surface area contributed by atoms with Gasteiger partial charge in [-0.05, 0) is 113 Å². The van der Waals surface area contributed by atoms with Crippen LogP contribution in [0.3, 0.4) is 0 Å². The SMILES string of the molecule is C[C@@H]1CC2C3CCC4=CC(=O)C=C[C@]4(C)[C@@]3(F)[C@@H](O)C[C@]2(C)[C@@]1(O)C(=O)COC(=O)CCC(=O)CCC(=O)N(C)CC(=O)OCC(=O)[C@@]1(O)CCC2C3CCC4=CC(=O)C=C[C@]4(C)C3[C@@H](O)C[C@@]21C. The minimum atomic E-state index is -2.15. The fourth-order valence-electron chi connectivity index (χ4n) is 15.7. The Morgan fingerprint density at radius 2 is 1.38 bits per heavy atom. The highest BCUT2D eigenvalue weighted by molar-refractivity contribution is 6.02. The number of esters is 2. The van der Waals surface area contributed by atoms with E-state index in [9.17, 15) is 58.8 Å². The highest BCUT2D eigenvalue weighted by atomic mass is 19.1. The summed E-state index contributed by atoms with van der Waals surface area (Å²) in [5.74, 6) is -6.80. The topological polar surface area (TPSA) is 239 Å². The quantitative estimate of drug-likeness (QED) is 0.179. The first-order chi connectivity index (χ1) is 32.2. The number of hydrogen-bond acceptors (Lipinski definition) is 14. The van der Waals surface area contributed by atoms with Gasteiger partial charge in [0, 0.05) is 59.8 Å². The molecule has 15 atom stereocenters. The zero-order chi connectivity index (χ0) is 50.4. The van der Waals surface area contributed by atoms with Gasteiger partial charge in [-0.2, -0.15) is 0 Å². The lowest BCUT2D eigenvalue weighted by Crippen LogP contribution is -2.69. The van der Waals surface area contributed by atoms with Gasteiger partial charge in [-0.25, -0.2) is 4.39 Å². The maximum Gasteiger partial charge on any atom is 0.326 e. The van der Waals surface area contributed by atoms with Gasteiger partial charge < -0.3 is 34.8 Å². The van der Waals surface area contributed by atoms with Crippen molar-refractivity contribution in [1.29, 1.82) is 0 Å². The van der Waals surface area contributed by atoms with Crippen LogP contribution in [-0.4, -0.2) is 128 Å². The molecule has 5 unspecified atom stereocenters. The van der Waals surface area contributed by atoms with Crippen LogP contribution in [0.15, 0.2) is 47.6 Å². The molecule has 8 aliphatic carbocycles. The van der Waals surface area contributed by atoms with Crippen LogP contribution in [0.25, 0.3) is 0 Å². The fraction of sp³-hybridized carbons (Fsp3) is 0.698. The number of likely N-dealkylation sites (N-methyl/N-ethyl adjacent to an activating group) is 1. The Balaban J connectivity index is 0.767. The summed E-state index contributed by atoms with van der Waals surface area (Å²) in [6.07, 6.45) is 8.68. The summed E-state index contributed by atoms with van der Waals surface area (Å²) in [5.41, 5.74) is -8.45. The largest absolute Gasteiger partial charge is 0.458 e. The molecule has 376 valence electrons. The monoisotopic (exact) mass is 961 g/mol. The number of ether oxygens (including phenoxy) is 2. The van der Waals surface area contributed by atoms with E-state index in [-0.39, 0.29) is 67.8 Å². The summed E-state index contributed by atoms with van der Waals surface area (Å²) >= 11 is 0. The van der Waals surface area contributed by atoms with Crippen molar-refractivity contribution in [3.63, 3.8) is 0 Å². The van der Waals surface area contributed by atoms with Gasteiger partial charge in [0.25, 0.3) is 0 Å². The first-order valence-corrected chi connectivity index (χ1v) is 24.7. The fourth-order valence-corrected chi connectivity index (χ4v) is 15.7. The number of hydrogen-bond donors (Lipinski definition) is 4. The second kappa shape index (κ2) is 17.7. The number of carbonyl (C=O) groups excluding carboxylic acids is 8. The van der Waals surface area contributed by atoms with Gasteiger partial charge in [-0.1, -0.05) is 51.0 Å². The number of halogens is 1. The molecule has 0 spiro atoms. The molecule has 69 heavy (non-hydrogen) atoms. The number of nitrogens with zero attached hydrogens (tertiary/aromatic N) is 1. The van der Waals surface area contributed by atoms with Crippen LogP contribution >= 0.6 is 0 Å². The Kier molecular flexibility index (Phi) is 13.0. The van der Waals surface area contributed by atoms with Crippen LogP contribution in [0.4, 0.5) is 4.39 Å². The summed E-state index contributed by atoms with van der Waals surface area (Å²) in [4.78, 5) is 104. The highest BCUT2D eigenvalue weighted by Gasteiger charge is 2.76. The van der Waals surface area contributed by atoms with Crippen LogP contribution < -0.4 is 0 Å². The molecular weight excluding hydrogens is 894 g/mol. The minimum absolute atomic E-state index is 0.00657. The van der Waals surface area contributed by atoms with Gasteiger partial charge in [0.05, 0.1) is 18.6 Å². The first-order valence-electron chi connectivity index (χ1n) is 24.7. The summed E-state index contributed by atoms with van der Waals surface area (Å²) in [7, 11) is 1.33. The molecule has 15 nitrogen and oxygen atoms in total. The summed E-state index contributed by atoms with van der Waals surface area (Å²) in [6, 6.07) is 0. The number of aliphatic hydroxyl groups is 4. The number of fused-ring (bicyclic) bond motifs is 10. The molecule has 8 aliphatic rings. The van der Waals surface area contributed by atoms with E-state index < -0.39 is 130 Å². The van der Waals surface area contributed by atoms with Gasteiger partial charge in [-0.15, -0.1) is 0 Å². The molecule has 8 rings (SSSR count). The molecule has 0 radical (unpaired) electrons. The van der Waals surface area contributed by atoms with E-state index in [1.807, 2.05) is 19.9 Å². The average molecular weight is 962 g/mol. The number of rotatable bonds is 14. The van der Waals surface area contributed by atoms with Crippen molar-refractivity contribution in [3.8, 4) is 0 Å². The normalized spacial score (nSPS) is 42.6. The number of allylic oxidation sites excluding steroid dienone is 8. The number of Topliss-reactive ketones (excluding diaryl/α,β-unsaturated/α-hetero) is 3. The zero-order valence-corrected chi connectivity index (χ0v) is 40.6. The van der Waals surface area contributed by atoms with Gasteiger partial charge >= 0.3 is 11.9 Å². The van der Waals surface area contributed by atoms with Gasteiger partial charge in [0.15, 0.2) is 30.4 Å². The van der Waals surface area contributed by atoms with E-state index in [0.717, 1.165) is 10.5 Å². The first kappa shape index (κ1) is 50.9. The van der Waals surface area contributed by atoms with Crippen molar-refractivity contribution < 1.29 is 72.6 Å². The second-order valence-electron chi connectivity index (χ2n) is 22.7. The molecule has 16 heteroatoms. The predicted molar refractivity (Wildman–Crippen MR) is 244 cm³/mol. The standard InChI is InChI=1S/C53H68FNO14/c1-29-21-38-37-12-8-31-23-34(58)16-19-48(31,3)52(37,54)40(60)25-50(38,5)53(29,67)42(62)28-68-44(64)14-10-32(56)9-13-43(63)55(6)26-45(65)69-27-41(61)51(66)20-17-36-35-11-7-30-22-33(57)15-18-47(30,2)46(35)39(59)24-49(36,51)4/h15-16,18-19,22-23,29,35-40,46,59-60,66-67H,7-14,17,20-21,24-28H2,1-6H3/t29-,35?,36?,37?,38?,39+,40+,46?,47+,48+,49+,50+,51+,52+,53+/m1/s1. The third-order valence-corrected chi connectivity index (χ3v) is 19.5. The van der Waals surface area contributed by atoms with Gasteiger partial charge in [0.2, 0.25) is 17.5 Å². The van der Waals surface area contributed by atoms with Crippen molar-refractivity contribution in [2.75, 3.05) is 26.8 Å². The predicted octanol–water partition coefficient (Wildman–Crippen LogP) is 4.16. The number of carbonyl (C=O) groups is 8. The molecule has 0 aromatic carbocycles. The van der Waals surface area contributed by atoms with Crippen LogP contribution in [0.2, 0.25) is 0 Å². The van der Waals surface area contributed by atoms with E-state index >= 15 is 4.39 Å². The summed E-state index contributed by atoms with van der Waals surface area (Å²) in [6.45, 7) is 6.83. The molecule has 0 aromatic rings. The van der Waals surface area contributed by atoms with Crippen molar-refractivity contribution in [1.82, 2.24) is 4.90 Å². The number of ketones is 5. The summed E-state index contributed by atoms with van der Waals surface area (Å²) < 4.78 is 28.0. The molecule has 0 aliphatic heterocycles. The molecule has 0 saturated heterocycles. The lowest BCUT2D eigenvalue weighted by Gasteiger charge is -2.62. The Morgan fingerprint density at radius 3 is 2.09 bits per heavy atom. The smallest absolute Gasteiger partial charge is 0.326 e. The van der Waals surface area contributed by atoms with E-state index in [1.54, 1.807) is 32.9 Å². The van der Waals surface area contributed by atoms with Gasteiger partial charge in [-0.3, -0.25) is 38.4 Å². The molecule has 0 heterocycles. The molecule has 0 bridgehead atoms. The number of amides is 1. The molecule has 1 amide bonds. The average Bonchev–Trinajstić information content (AvgIpc) is 3.68. The molecule has 6 fully saturated rings. The third kappa shape index (κ3) is 7.71. The zero-order valence-electron chi connectivity index (χ0n) is 40.6. The number of aliphatic hydroxyl groups excluding tert-OH is 2. The van der Waals surface area contributed by atoms with Crippen molar-refractivity contribution in [3.05, 3.63) is 47.6 Å². The van der Waals surface area contributed by atoms with Crippen LogP contribution in [-0.2, 0) is 47.8 Å². The Hall–Kier alpha value is -4.51. The minimum Gasteiger partial charge on any atom is -0.458 e. The highest BCUT2D eigenvalue weighted by Crippen LogP contribution is 2.71. The molecule has 4 N–H and O–H groups in total. The Bertz CT molecular complexity index is 2370. The lowest BCUT2D eigenvalue weighted by atomic mass is 9.44. The molecule has 0 aromatic heterocycles. The van der Waals surface area contributed by atoms with Crippen molar-refractivity contribution >= 4 is 46.8 Å². The van der Waals surface area contributed by atoms with E-state index in [2.05, 4.69) is 0 Å². The van der Waals surface area contributed by atoms with E-state index in [4.69, 9.17) is 9.47 Å². The van der Waals surface area contributed by atoms with Crippen LogP contribution in [0.5, 0.6) is 0 Å². The van der Waals surface area contributed by atoms with Crippen LogP contribution in [0, 0.1) is 57.2 Å². The molecular formula is C53H68FNO14. The third-order valence-electron chi connectivity index (χ3n) is 19.5. The maximum absolute atomic E-state index is 17.5.